The predicted molar refractivity (Wildman–Crippen MR) is 108 cm³/mol. The van der Waals surface area contributed by atoms with Gasteiger partial charge in [0.15, 0.2) is 5.96 Å². The Balaban J connectivity index is 1.92. The minimum Gasteiger partial charge on any atom is -0.379 e. The number of aliphatic imine (C=N–C) groups is 1. The number of morpholine rings is 1. The van der Waals surface area contributed by atoms with Crippen molar-refractivity contribution < 1.29 is 4.74 Å². The molecule has 0 aromatic carbocycles. The summed E-state index contributed by atoms with van der Waals surface area (Å²) in [6.07, 6.45) is 1.10. The largest absolute Gasteiger partial charge is 0.379 e. The van der Waals surface area contributed by atoms with Crippen LogP contribution in [0.1, 0.15) is 37.4 Å². The van der Waals surface area contributed by atoms with Crippen molar-refractivity contribution in [2.75, 3.05) is 39.4 Å². The molecule has 1 aliphatic heterocycles. The Hall–Kier alpha value is -1.11. The average molecular weight is 367 g/mol. The molecule has 0 aliphatic carbocycles. The van der Waals surface area contributed by atoms with E-state index in [0.717, 1.165) is 58.3 Å². The number of thiophene rings is 1. The van der Waals surface area contributed by atoms with Crippen LogP contribution in [0.15, 0.2) is 17.1 Å². The topological polar surface area (TPSA) is 48.9 Å². The summed E-state index contributed by atoms with van der Waals surface area (Å²) in [5.41, 5.74) is 0. The number of rotatable bonds is 8. The van der Waals surface area contributed by atoms with Crippen LogP contribution < -0.4 is 10.6 Å². The predicted octanol–water partition coefficient (Wildman–Crippen LogP) is 2.72. The molecular formula is C19H34N4OS. The molecule has 0 amide bonds. The summed E-state index contributed by atoms with van der Waals surface area (Å²) in [4.78, 5) is 10.1. The highest BCUT2D eigenvalue weighted by atomic mass is 32.1. The first kappa shape index (κ1) is 20.2. The molecule has 142 valence electrons. The van der Waals surface area contributed by atoms with E-state index in [1.807, 2.05) is 11.3 Å². The summed E-state index contributed by atoms with van der Waals surface area (Å²) in [7, 11) is 0. The second-order valence-corrected chi connectivity index (χ2v) is 8.01. The first-order chi connectivity index (χ1) is 12.1. The fourth-order valence-electron chi connectivity index (χ4n) is 3.09. The monoisotopic (exact) mass is 366 g/mol. The van der Waals surface area contributed by atoms with Crippen LogP contribution in [0.5, 0.6) is 0 Å². The Kier molecular flexibility index (Phi) is 8.72. The Morgan fingerprint density at radius 2 is 1.92 bits per heavy atom. The molecule has 1 aliphatic rings. The molecule has 5 nitrogen and oxygen atoms in total. The van der Waals surface area contributed by atoms with Crippen LogP contribution in [-0.4, -0.2) is 56.3 Å². The van der Waals surface area contributed by atoms with Gasteiger partial charge in [0, 0.05) is 42.0 Å². The van der Waals surface area contributed by atoms with Crippen molar-refractivity contribution in [2.24, 2.45) is 10.9 Å². The lowest BCUT2D eigenvalue weighted by Gasteiger charge is -2.37. The molecular weight excluding hydrogens is 332 g/mol. The van der Waals surface area contributed by atoms with E-state index in [-0.39, 0.29) is 0 Å². The van der Waals surface area contributed by atoms with Gasteiger partial charge in [0.25, 0.3) is 0 Å². The van der Waals surface area contributed by atoms with E-state index < -0.39 is 0 Å². The fourth-order valence-corrected chi connectivity index (χ4v) is 3.98. The molecule has 2 N–H and O–H groups in total. The Morgan fingerprint density at radius 1 is 1.20 bits per heavy atom. The molecule has 1 aromatic rings. The fraction of sp³-hybridized carbons (Fsp3) is 0.737. The van der Waals surface area contributed by atoms with Gasteiger partial charge in [0.05, 0.1) is 19.8 Å². The molecule has 1 fully saturated rings. The lowest BCUT2D eigenvalue weighted by atomic mass is 10.0. The maximum atomic E-state index is 5.50. The number of hydrogen-bond donors (Lipinski definition) is 2. The van der Waals surface area contributed by atoms with E-state index in [0.29, 0.717) is 12.0 Å². The van der Waals surface area contributed by atoms with Crippen LogP contribution in [0.25, 0.3) is 0 Å². The highest BCUT2D eigenvalue weighted by molar-refractivity contribution is 7.11. The third-order valence-electron chi connectivity index (χ3n) is 4.57. The lowest BCUT2D eigenvalue weighted by molar-refractivity contribution is 0.00752. The van der Waals surface area contributed by atoms with Gasteiger partial charge in [-0.25, -0.2) is 4.99 Å². The van der Waals surface area contributed by atoms with Crippen molar-refractivity contribution in [3.63, 3.8) is 0 Å². The maximum absolute atomic E-state index is 5.50. The van der Waals surface area contributed by atoms with Gasteiger partial charge in [0.2, 0.25) is 0 Å². The van der Waals surface area contributed by atoms with Crippen LogP contribution in [0.3, 0.4) is 0 Å². The first-order valence-corrected chi connectivity index (χ1v) is 10.4. The summed E-state index contributed by atoms with van der Waals surface area (Å²) >= 11 is 1.86. The zero-order chi connectivity index (χ0) is 18.1. The van der Waals surface area contributed by atoms with Gasteiger partial charge in [0.1, 0.15) is 0 Å². The van der Waals surface area contributed by atoms with Gasteiger partial charge in [-0.1, -0.05) is 20.8 Å². The zero-order valence-corrected chi connectivity index (χ0v) is 17.0. The standard InChI is InChI=1S/C19H34N4OS/c1-5-16-7-8-17(25-16)13-21-19(20-6-2)22-14-18(15(3)4)23-9-11-24-12-10-23/h7-8,15,18H,5-6,9-14H2,1-4H3,(H2,20,21,22). The van der Waals surface area contributed by atoms with Crippen molar-refractivity contribution >= 4 is 17.3 Å². The number of nitrogens with one attached hydrogen (secondary N) is 2. The number of nitrogens with zero attached hydrogens (tertiary/aromatic N) is 2. The van der Waals surface area contributed by atoms with Crippen LogP contribution in [0.4, 0.5) is 0 Å². The normalized spacial score (nSPS) is 17.7. The molecule has 0 bridgehead atoms. The molecule has 0 spiro atoms. The number of guanidine groups is 1. The van der Waals surface area contributed by atoms with E-state index >= 15 is 0 Å². The van der Waals surface area contributed by atoms with Crippen molar-refractivity contribution in [1.82, 2.24) is 15.5 Å². The van der Waals surface area contributed by atoms with Crippen LogP contribution in [-0.2, 0) is 17.7 Å². The minimum atomic E-state index is 0.501. The molecule has 0 saturated carbocycles. The Bertz CT molecular complexity index is 523. The second kappa shape index (κ2) is 10.8. The van der Waals surface area contributed by atoms with Crippen molar-refractivity contribution in [1.29, 1.82) is 0 Å². The lowest BCUT2D eigenvalue weighted by Crippen LogP contribution is -2.52. The molecule has 1 saturated heterocycles. The van der Waals surface area contributed by atoms with Gasteiger partial charge in [-0.05, 0) is 31.4 Å². The van der Waals surface area contributed by atoms with Crippen molar-refractivity contribution in [3.8, 4) is 0 Å². The Morgan fingerprint density at radius 3 is 2.52 bits per heavy atom. The van der Waals surface area contributed by atoms with E-state index in [1.54, 1.807) is 0 Å². The third-order valence-corrected chi connectivity index (χ3v) is 5.78. The van der Waals surface area contributed by atoms with Crippen LogP contribution >= 0.6 is 11.3 Å². The summed E-state index contributed by atoms with van der Waals surface area (Å²) < 4.78 is 5.50. The average Bonchev–Trinajstić information content (AvgIpc) is 3.08. The minimum absolute atomic E-state index is 0.501. The zero-order valence-electron chi connectivity index (χ0n) is 16.2. The molecule has 2 rings (SSSR count). The molecule has 1 aromatic heterocycles. The molecule has 6 heteroatoms. The van der Waals surface area contributed by atoms with E-state index in [2.05, 4.69) is 55.4 Å². The van der Waals surface area contributed by atoms with E-state index in [1.165, 1.54) is 9.75 Å². The van der Waals surface area contributed by atoms with Gasteiger partial charge >= 0.3 is 0 Å². The highest BCUT2D eigenvalue weighted by Crippen LogP contribution is 2.17. The molecule has 2 heterocycles. The summed E-state index contributed by atoms with van der Waals surface area (Å²) in [6, 6.07) is 4.91. The number of ether oxygens (including phenoxy) is 1. The third kappa shape index (κ3) is 6.60. The summed E-state index contributed by atoms with van der Waals surface area (Å²) in [5, 5.41) is 6.92. The smallest absolute Gasteiger partial charge is 0.191 e. The second-order valence-electron chi connectivity index (χ2n) is 6.76. The number of hydrogen-bond acceptors (Lipinski definition) is 4. The SMILES string of the molecule is CCNC(=NCc1ccc(CC)s1)NCC(C(C)C)N1CCOCC1. The molecule has 1 unspecified atom stereocenters. The van der Waals surface area contributed by atoms with Gasteiger partial charge in [-0.15, -0.1) is 11.3 Å². The van der Waals surface area contributed by atoms with Gasteiger partial charge < -0.3 is 15.4 Å². The maximum Gasteiger partial charge on any atom is 0.191 e. The van der Waals surface area contributed by atoms with Crippen LogP contribution in [0, 0.1) is 5.92 Å². The van der Waals surface area contributed by atoms with Crippen LogP contribution in [0.2, 0.25) is 0 Å². The summed E-state index contributed by atoms with van der Waals surface area (Å²) in [6.45, 7) is 15.2. The van der Waals surface area contributed by atoms with Gasteiger partial charge in [-0.3, -0.25) is 4.90 Å². The van der Waals surface area contributed by atoms with Crippen molar-refractivity contribution in [2.45, 2.75) is 46.7 Å². The molecule has 25 heavy (non-hydrogen) atoms. The first-order valence-electron chi connectivity index (χ1n) is 9.55. The highest BCUT2D eigenvalue weighted by Gasteiger charge is 2.23. The summed E-state index contributed by atoms with van der Waals surface area (Å²) in [5.74, 6) is 1.51. The van der Waals surface area contributed by atoms with Gasteiger partial charge in [-0.2, -0.15) is 0 Å². The van der Waals surface area contributed by atoms with E-state index in [4.69, 9.17) is 9.73 Å². The number of aryl methyl sites for hydroxylation is 1. The molecule has 1 atom stereocenters. The molecule has 0 radical (unpaired) electrons. The van der Waals surface area contributed by atoms with Crippen molar-refractivity contribution in [3.05, 3.63) is 21.9 Å². The quantitative estimate of drug-likeness (QED) is 0.549. The van der Waals surface area contributed by atoms with E-state index in [9.17, 15) is 0 Å². The Labute approximate surface area is 156 Å².